The minimum absolute atomic E-state index is 0.0968. The first-order chi connectivity index (χ1) is 8.55. The van der Waals surface area contributed by atoms with E-state index in [0.29, 0.717) is 4.31 Å². The molecular weight excluding hydrogens is 318 g/mol. The van der Waals surface area contributed by atoms with Crippen LogP contribution in [0, 0.1) is 0 Å². The zero-order chi connectivity index (χ0) is 14.6. The minimum atomic E-state index is -4.18. The molecule has 11 heteroatoms. The molecule has 1 heterocycles. The first-order valence-electron chi connectivity index (χ1n) is 4.71. The third-order valence-corrected chi connectivity index (χ3v) is 5.66. The predicted octanol–water partition coefficient (Wildman–Crippen LogP) is 0.153. The number of hydrogen-bond acceptors (Lipinski definition) is 5. The summed E-state index contributed by atoms with van der Waals surface area (Å²) in [5.41, 5.74) is -0.0968. The van der Waals surface area contributed by atoms with Gasteiger partial charge in [0.05, 0.1) is 10.7 Å². The molecule has 8 nitrogen and oxygen atoms in total. The fourth-order valence-corrected chi connectivity index (χ4v) is 3.90. The highest BCUT2D eigenvalue weighted by molar-refractivity contribution is 7.90. The van der Waals surface area contributed by atoms with Crippen LogP contribution >= 0.6 is 11.6 Å². The van der Waals surface area contributed by atoms with Gasteiger partial charge in [-0.15, -0.1) is 0 Å². The lowest BCUT2D eigenvalue weighted by molar-refractivity contribution is 0.240. The van der Waals surface area contributed by atoms with Gasteiger partial charge in [0, 0.05) is 7.05 Å². The molecule has 0 unspecified atom stereocenters. The molecule has 0 saturated carbocycles. The van der Waals surface area contributed by atoms with Crippen LogP contribution in [0.4, 0.5) is 10.5 Å². The standard InChI is InChI=1S/C8H8ClN3O5S2/c1-12-8(13)11-5-2-4(9)6(18(10,14)15)3-7(5)19(12,16)17/h2-3H,1H3,(H,11,13)(H2,10,14,15). The normalized spacial score (nSPS) is 17.8. The van der Waals surface area contributed by atoms with Gasteiger partial charge in [-0.25, -0.2) is 31.1 Å². The molecule has 0 fully saturated rings. The van der Waals surface area contributed by atoms with Crippen LogP contribution < -0.4 is 10.5 Å². The van der Waals surface area contributed by atoms with Crippen molar-refractivity contribution in [1.29, 1.82) is 0 Å². The van der Waals surface area contributed by atoms with Gasteiger partial charge in [0.1, 0.15) is 9.79 Å². The molecule has 0 aliphatic carbocycles. The van der Waals surface area contributed by atoms with Gasteiger partial charge >= 0.3 is 6.03 Å². The van der Waals surface area contributed by atoms with E-state index in [-0.39, 0.29) is 15.6 Å². The fraction of sp³-hybridized carbons (Fsp3) is 0.125. The number of carbonyl (C=O) groups excluding carboxylic acids is 1. The van der Waals surface area contributed by atoms with Gasteiger partial charge in [-0.1, -0.05) is 11.6 Å². The molecule has 0 radical (unpaired) electrons. The summed E-state index contributed by atoms with van der Waals surface area (Å²) in [6.07, 6.45) is 0. The maximum atomic E-state index is 12.0. The Kier molecular flexibility index (Phi) is 3.01. The number of nitrogens with one attached hydrogen (secondary N) is 1. The molecule has 1 aromatic rings. The van der Waals surface area contributed by atoms with Crippen molar-refractivity contribution in [2.45, 2.75) is 9.79 Å². The molecule has 19 heavy (non-hydrogen) atoms. The van der Waals surface area contributed by atoms with Crippen molar-refractivity contribution in [2.75, 3.05) is 12.4 Å². The lowest BCUT2D eigenvalue weighted by Crippen LogP contribution is -2.41. The summed E-state index contributed by atoms with van der Waals surface area (Å²) in [5, 5.41) is 6.93. The molecule has 0 saturated heterocycles. The van der Waals surface area contributed by atoms with Crippen LogP contribution in [-0.2, 0) is 20.0 Å². The number of nitrogens with two attached hydrogens (primary N) is 1. The van der Waals surface area contributed by atoms with E-state index in [0.717, 1.165) is 19.2 Å². The SMILES string of the molecule is CN1C(=O)Nc2cc(Cl)c(S(N)(=O)=O)cc2S1(=O)=O. The summed E-state index contributed by atoms with van der Waals surface area (Å²) in [4.78, 5) is 10.5. The van der Waals surface area contributed by atoms with Crippen molar-refractivity contribution in [3.63, 3.8) is 0 Å². The maximum Gasteiger partial charge on any atom is 0.335 e. The van der Waals surface area contributed by atoms with E-state index < -0.39 is 31.0 Å². The van der Waals surface area contributed by atoms with Crippen LogP contribution in [0.5, 0.6) is 0 Å². The number of fused-ring (bicyclic) bond motifs is 1. The molecule has 1 aliphatic heterocycles. The van der Waals surface area contributed by atoms with Crippen molar-refractivity contribution in [2.24, 2.45) is 5.14 Å². The first kappa shape index (κ1) is 14.1. The molecular formula is C8H8ClN3O5S2. The van der Waals surface area contributed by atoms with Crippen molar-refractivity contribution < 1.29 is 21.6 Å². The van der Waals surface area contributed by atoms with Gasteiger partial charge in [-0.2, -0.15) is 0 Å². The highest BCUT2D eigenvalue weighted by Gasteiger charge is 2.35. The second kappa shape index (κ2) is 4.07. The molecule has 2 amide bonds. The molecule has 0 atom stereocenters. The number of carbonyl (C=O) groups is 1. The van der Waals surface area contributed by atoms with Crippen LogP contribution in [0.1, 0.15) is 0 Å². The Hall–Kier alpha value is -1.36. The van der Waals surface area contributed by atoms with Crippen molar-refractivity contribution in [3.8, 4) is 0 Å². The zero-order valence-electron chi connectivity index (χ0n) is 9.41. The Morgan fingerprint density at radius 3 is 2.47 bits per heavy atom. The third kappa shape index (κ3) is 2.16. The van der Waals surface area contributed by atoms with E-state index in [4.69, 9.17) is 16.7 Å². The second-order valence-electron chi connectivity index (χ2n) is 3.73. The Morgan fingerprint density at radius 1 is 1.37 bits per heavy atom. The number of nitrogens with zero attached hydrogens (tertiary/aromatic N) is 1. The number of urea groups is 1. The predicted molar refractivity (Wildman–Crippen MR) is 66.8 cm³/mol. The molecule has 0 spiro atoms. The minimum Gasteiger partial charge on any atom is -0.306 e. The Bertz CT molecular complexity index is 787. The lowest BCUT2D eigenvalue weighted by atomic mass is 10.3. The van der Waals surface area contributed by atoms with E-state index in [1.165, 1.54) is 0 Å². The highest BCUT2D eigenvalue weighted by Crippen LogP contribution is 2.35. The van der Waals surface area contributed by atoms with Gasteiger partial charge in [0.15, 0.2) is 0 Å². The highest BCUT2D eigenvalue weighted by atomic mass is 35.5. The van der Waals surface area contributed by atoms with Gasteiger partial charge in [0.25, 0.3) is 10.0 Å². The van der Waals surface area contributed by atoms with Crippen LogP contribution in [-0.4, -0.2) is 34.2 Å². The van der Waals surface area contributed by atoms with Gasteiger partial charge in [-0.3, -0.25) is 0 Å². The smallest absolute Gasteiger partial charge is 0.306 e. The number of sulfonamides is 2. The fourth-order valence-electron chi connectivity index (χ4n) is 1.51. The molecule has 0 aromatic heterocycles. The number of halogens is 1. The summed E-state index contributed by atoms with van der Waals surface area (Å²) >= 11 is 5.70. The maximum absolute atomic E-state index is 12.0. The van der Waals surface area contributed by atoms with Gasteiger partial charge in [0.2, 0.25) is 10.0 Å². The average molecular weight is 326 g/mol. The molecule has 104 valence electrons. The molecule has 1 aliphatic rings. The van der Waals surface area contributed by atoms with E-state index in [1.54, 1.807) is 0 Å². The summed E-state index contributed by atoms with van der Waals surface area (Å²) in [6.45, 7) is 0. The van der Waals surface area contributed by atoms with Crippen LogP contribution in [0.25, 0.3) is 0 Å². The molecule has 2 rings (SSSR count). The monoisotopic (exact) mass is 325 g/mol. The molecule has 3 N–H and O–H groups in total. The topological polar surface area (TPSA) is 127 Å². The lowest BCUT2D eigenvalue weighted by Gasteiger charge is -2.26. The van der Waals surface area contributed by atoms with Crippen LogP contribution in [0.3, 0.4) is 0 Å². The Balaban J connectivity index is 2.83. The van der Waals surface area contributed by atoms with E-state index >= 15 is 0 Å². The summed E-state index contributed by atoms with van der Waals surface area (Å²) in [7, 11) is -7.26. The van der Waals surface area contributed by atoms with Crippen molar-refractivity contribution >= 4 is 43.4 Å². The summed E-state index contributed by atoms with van der Waals surface area (Å²) in [6, 6.07) is 0.976. The number of rotatable bonds is 1. The zero-order valence-corrected chi connectivity index (χ0v) is 11.8. The second-order valence-corrected chi connectivity index (χ2v) is 7.60. The number of hydrogen-bond donors (Lipinski definition) is 2. The Labute approximate surface area is 114 Å². The average Bonchev–Trinajstić information content (AvgIpc) is 2.24. The number of anilines is 1. The van der Waals surface area contributed by atoms with Gasteiger partial charge in [-0.05, 0) is 12.1 Å². The first-order valence-corrected chi connectivity index (χ1v) is 8.08. The van der Waals surface area contributed by atoms with Crippen molar-refractivity contribution in [1.82, 2.24) is 4.31 Å². The molecule has 0 bridgehead atoms. The largest absolute Gasteiger partial charge is 0.335 e. The van der Waals surface area contributed by atoms with Gasteiger partial charge < -0.3 is 5.32 Å². The number of benzene rings is 1. The molecule has 1 aromatic carbocycles. The van der Waals surface area contributed by atoms with E-state index in [9.17, 15) is 21.6 Å². The van der Waals surface area contributed by atoms with Crippen LogP contribution in [0.15, 0.2) is 21.9 Å². The van der Waals surface area contributed by atoms with E-state index in [1.807, 2.05) is 0 Å². The van der Waals surface area contributed by atoms with E-state index in [2.05, 4.69) is 5.32 Å². The summed E-state index contributed by atoms with van der Waals surface area (Å²) in [5.74, 6) is 0. The third-order valence-electron chi connectivity index (χ3n) is 2.51. The summed E-state index contributed by atoms with van der Waals surface area (Å²) < 4.78 is 47.0. The quantitative estimate of drug-likeness (QED) is 0.760. The number of primary sulfonamides is 1. The number of amides is 2. The van der Waals surface area contributed by atoms with Crippen molar-refractivity contribution in [3.05, 3.63) is 17.2 Å². The Morgan fingerprint density at radius 2 is 1.95 bits per heavy atom. The van der Waals surface area contributed by atoms with Crippen LogP contribution in [0.2, 0.25) is 5.02 Å².